The van der Waals surface area contributed by atoms with Crippen LogP contribution in [-0.2, 0) is 6.61 Å². The van der Waals surface area contributed by atoms with E-state index in [-0.39, 0.29) is 0 Å². The third-order valence-corrected chi connectivity index (χ3v) is 4.13. The van der Waals surface area contributed by atoms with Crippen molar-refractivity contribution >= 4 is 22.6 Å². The molecule has 4 heteroatoms. The molecule has 4 aromatic rings. The van der Waals surface area contributed by atoms with E-state index in [2.05, 4.69) is 0 Å². The van der Waals surface area contributed by atoms with E-state index in [1.165, 1.54) is 0 Å². The summed E-state index contributed by atoms with van der Waals surface area (Å²) < 4.78 is 5.90. The molecular weight excluding hydrogens is 332 g/mol. The number of hydrogen-bond acceptors (Lipinski definition) is 3. The first-order chi connectivity index (χ1) is 12.3. The lowest BCUT2D eigenvalue weighted by Gasteiger charge is -2.11. The van der Waals surface area contributed by atoms with Crippen molar-refractivity contribution < 1.29 is 4.74 Å². The van der Waals surface area contributed by atoms with Gasteiger partial charge in [-0.3, -0.25) is 0 Å². The number of fused-ring (bicyclic) bond motifs is 1. The maximum Gasteiger partial charge on any atom is 0.132 e. The fourth-order valence-corrected chi connectivity index (χ4v) is 2.77. The highest BCUT2D eigenvalue weighted by Crippen LogP contribution is 2.25. The van der Waals surface area contributed by atoms with Crippen LogP contribution in [0.5, 0.6) is 5.75 Å². The highest BCUT2D eigenvalue weighted by atomic mass is 35.5. The Kier molecular flexibility index (Phi) is 4.32. The van der Waals surface area contributed by atoms with Crippen molar-refractivity contribution in [2.45, 2.75) is 6.61 Å². The highest BCUT2D eigenvalue weighted by Gasteiger charge is 2.11. The molecule has 4 rings (SSSR count). The largest absolute Gasteiger partial charge is 0.487 e. The van der Waals surface area contributed by atoms with E-state index >= 15 is 0 Å². The predicted octanol–water partition coefficient (Wildman–Crippen LogP) is 5.53. The van der Waals surface area contributed by atoms with Crippen molar-refractivity contribution in [1.82, 2.24) is 9.97 Å². The molecule has 1 heterocycles. The van der Waals surface area contributed by atoms with Crippen LogP contribution < -0.4 is 4.74 Å². The molecular formula is C21H15ClN2O. The first kappa shape index (κ1) is 15.6. The molecule has 0 aliphatic carbocycles. The molecule has 0 unspecified atom stereocenters. The second kappa shape index (κ2) is 6.91. The maximum atomic E-state index is 5.92. The van der Waals surface area contributed by atoms with Crippen LogP contribution in [-0.4, -0.2) is 9.97 Å². The van der Waals surface area contributed by atoms with Gasteiger partial charge in [-0.1, -0.05) is 54.1 Å². The summed E-state index contributed by atoms with van der Waals surface area (Å²) in [7, 11) is 0. The van der Waals surface area contributed by atoms with Gasteiger partial charge in [-0.25, -0.2) is 9.97 Å². The van der Waals surface area contributed by atoms with E-state index in [1.54, 1.807) is 12.1 Å². The Bertz CT molecular complexity index is 1000. The molecule has 0 N–H and O–H groups in total. The SMILES string of the molecule is Clc1ccc(OCc2nc3ccccc3nc2-c2ccccc2)cc1. The summed E-state index contributed by atoms with van der Waals surface area (Å²) in [6, 6.07) is 25.2. The Morgan fingerprint density at radius 2 is 1.36 bits per heavy atom. The van der Waals surface area contributed by atoms with Crippen molar-refractivity contribution in [1.29, 1.82) is 0 Å². The Morgan fingerprint density at radius 1 is 0.720 bits per heavy atom. The second-order valence-corrected chi connectivity index (χ2v) is 6.05. The zero-order valence-corrected chi connectivity index (χ0v) is 14.1. The van der Waals surface area contributed by atoms with Crippen LogP contribution >= 0.6 is 11.6 Å². The molecule has 0 saturated heterocycles. The summed E-state index contributed by atoms with van der Waals surface area (Å²) in [5.41, 5.74) is 4.40. The van der Waals surface area contributed by atoms with Gasteiger partial charge in [0.2, 0.25) is 0 Å². The summed E-state index contributed by atoms with van der Waals surface area (Å²) in [6.45, 7) is 0.337. The van der Waals surface area contributed by atoms with Crippen LogP contribution in [0.25, 0.3) is 22.3 Å². The number of aromatic nitrogens is 2. The summed E-state index contributed by atoms with van der Waals surface area (Å²) >= 11 is 5.92. The number of rotatable bonds is 4. The molecule has 3 nitrogen and oxygen atoms in total. The molecule has 0 atom stereocenters. The van der Waals surface area contributed by atoms with Gasteiger partial charge in [0.1, 0.15) is 18.1 Å². The highest BCUT2D eigenvalue weighted by molar-refractivity contribution is 6.30. The number of benzene rings is 3. The van der Waals surface area contributed by atoms with Gasteiger partial charge in [-0.2, -0.15) is 0 Å². The van der Waals surface area contributed by atoms with Gasteiger partial charge in [-0.15, -0.1) is 0 Å². The van der Waals surface area contributed by atoms with Crippen molar-refractivity contribution in [3.8, 4) is 17.0 Å². The number of para-hydroxylation sites is 2. The molecule has 25 heavy (non-hydrogen) atoms. The van der Waals surface area contributed by atoms with Crippen LogP contribution in [0.1, 0.15) is 5.69 Å². The van der Waals surface area contributed by atoms with Gasteiger partial charge in [0, 0.05) is 10.6 Å². The molecule has 122 valence electrons. The molecule has 0 aliphatic heterocycles. The molecule has 0 amide bonds. The number of hydrogen-bond donors (Lipinski definition) is 0. The van der Waals surface area contributed by atoms with Gasteiger partial charge in [0.15, 0.2) is 0 Å². The van der Waals surface area contributed by atoms with Crippen LogP contribution in [0, 0.1) is 0 Å². The fourth-order valence-electron chi connectivity index (χ4n) is 2.65. The minimum Gasteiger partial charge on any atom is -0.487 e. The van der Waals surface area contributed by atoms with E-state index in [4.69, 9.17) is 26.3 Å². The lowest BCUT2D eigenvalue weighted by Crippen LogP contribution is -2.03. The smallest absolute Gasteiger partial charge is 0.132 e. The zero-order chi connectivity index (χ0) is 17.1. The first-order valence-corrected chi connectivity index (χ1v) is 8.37. The Hall–Kier alpha value is -2.91. The van der Waals surface area contributed by atoms with E-state index in [1.807, 2.05) is 66.7 Å². The van der Waals surface area contributed by atoms with Crippen molar-refractivity contribution in [3.63, 3.8) is 0 Å². The Morgan fingerprint density at radius 3 is 2.08 bits per heavy atom. The molecule has 0 spiro atoms. The van der Waals surface area contributed by atoms with Crippen molar-refractivity contribution in [2.75, 3.05) is 0 Å². The minimum absolute atomic E-state index is 0.337. The lowest BCUT2D eigenvalue weighted by molar-refractivity contribution is 0.302. The third kappa shape index (κ3) is 3.47. The molecule has 3 aromatic carbocycles. The lowest BCUT2D eigenvalue weighted by atomic mass is 10.1. The van der Waals surface area contributed by atoms with E-state index in [9.17, 15) is 0 Å². The summed E-state index contributed by atoms with van der Waals surface area (Å²) in [4.78, 5) is 9.58. The number of nitrogens with zero attached hydrogens (tertiary/aromatic N) is 2. The average molecular weight is 347 g/mol. The standard InChI is InChI=1S/C21H15ClN2O/c22-16-10-12-17(13-11-16)25-14-20-21(15-6-2-1-3-7-15)24-19-9-5-4-8-18(19)23-20/h1-13H,14H2. The van der Waals surface area contributed by atoms with Gasteiger partial charge in [-0.05, 0) is 36.4 Å². The second-order valence-electron chi connectivity index (χ2n) is 5.62. The molecule has 0 aliphatic rings. The molecule has 0 fully saturated rings. The number of ether oxygens (including phenoxy) is 1. The van der Waals surface area contributed by atoms with Gasteiger partial charge < -0.3 is 4.74 Å². The number of halogens is 1. The fraction of sp³-hybridized carbons (Fsp3) is 0.0476. The van der Waals surface area contributed by atoms with Gasteiger partial charge >= 0.3 is 0 Å². The minimum atomic E-state index is 0.337. The summed E-state index contributed by atoms with van der Waals surface area (Å²) in [6.07, 6.45) is 0. The van der Waals surface area contributed by atoms with E-state index in [0.29, 0.717) is 11.6 Å². The summed E-state index contributed by atoms with van der Waals surface area (Å²) in [5, 5.41) is 0.683. The molecule has 1 aromatic heterocycles. The predicted molar refractivity (Wildman–Crippen MR) is 101 cm³/mol. The molecule has 0 radical (unpaired) electrons. The monoisotopic (exact) mass is 346 g/mol. The van der Waals surface area contributed by atoms with Gasteiger partial charge in [0.05, 0.1) is 16.7 Å². The molecule has 0 saturated carbocycles. The van der Waals surface area contributed by atoms with Crippen molar-refractivity contribution in [2.24, 2.45) is 0 Å². The zero-order valence-electron chi connectivity index (χ0n) is 13.4. The normalized spacial score (nSPS) is 10.8. The topological polar surface area (TPSA) is 35.0 Å². The van der Waals surface area contributed by atoms with Crippen molar-refractivity contribution in [3.05, 3.63) is 89.6 Å². The van der Waals surface area contributed by atoms with Gasteiger partial charge in [0.25, 0.3) is 0 Å². The van der Waals surface area contributed by atoms with Crippen LogP contribution in [0.4, 0.5) is 0 Å². The maximum absolute atomic E-state index is 5.92. The quantitative estimate of drug-likeness (QED) is 0.487. The van der Waals surface area contributed by atoms with E-state index < -0.39 is 0 Å². The molecule has 0 bridgehead atoms. The Labute approximate surface area is 150 Å². The van der Waals surface area contributed by atoms with E-state index in [0.717, 1.165) is 33.7 Å². The summed E-state index contributed by atoms with van der Waals surface area (Å²) in [5.74, 6) is 0.748. The van der Waals surface area contributed by atoms with Crippen LogP contribution in [0.3, 0.4) is 0 Å². The first-order valence-electron chi connectivity index (χ1n) is 7.99. The average Bonchev–Trinajstić information content (AvgIpc) is 2.67. The Balaban J connectivity index is 1.73. The van der Waals surface area contributed by atoms with Crippen LogP contribution in [0.2, 0.25) is 5.02 Å². The third-order valence-electron chi connectivity index (χ3n) is 3.88. The van der Waals surface area contributed by atoms with Crippen LogP contribution in [0.15, 0.2) is 78.9 Å².